The minimum absolute atomic E-state index is 0.129. The lowest BCUT2D eigenvalue weighted by Gasteiger charge is -2.25. The first-order valence-electron chi connectivity index (χ1n) is 6.53. The largest absolute Gasteiger partial charge is 0.464 e. The van der Waals surface area contributed by atoms with Crippen molar-refractivity contribution in [3.05, 3.63) is 17.8 Å². The zero-order valence-electron chi connectivity index (χ0n) is 11.0. The first-order chi connectivity index (χ1) is 9.19. The van der Waals surface area contributed by atoms with E-state index in [1.165, 1.54) is 7.11 Å². The van der Waals surface area contributed by atoms with Crippen LogP contribution in [0.5, 0.6) is 0 Å². The first kappa shape index (κ1) is 13.7. The number of aliphatic hydroxyl groups is 1. The lowest BCUT2D eigenvalue weighted by atomic mass is 9.87. The van der Waals surface area contributed by atoms with Crippen LogP contribution in [0.3, 0.4) is 0 Å². The predicted molar refractivity (Wildman–Crippen MR) is 69.8 cm³/mol. The molecule has 0 atom stereocenters. The monoisotopic (exact) mass is 265 g/mol. The fourth-order valence-electron chi connectivity index (χ4n) is 2.24. The van der Waals surface area contributed by atoms with Crippen LogP contribution in [0.2, 0.25) is 0 Å². The third-order valence-corrected chi connectivity index (χ3v) is 3.45. The van der Waals surface area contributed by atoms with E-state index in [0.717, 1.165) is 32.2 Å². The Morgan fingerprint density at radius 2 is 2.11 bits per heavy atom. The Morgan fingerprint density at radius 3 is 2.68 bits per heavy atom. The zero-order chi connectivity index (χ0) is 13.7. The molecule has 1 heterocycles. The average Bonchev–Trinajstić information content (AvgIpc) is 2.46. The van der Waals surface area contributed by atoms with Crippen LogP contribution in [0.4, 0.5) is 5.82 Å². The summed E-state index contributed by atoms with van der Waals surface area (Å²) in [5.41, 5.74) is 0.203. The SMILES string of the molecule is COC(=O)c1ccc(NCC2CCC(O)CC2)nn1. The van der Waals surface area contributed by atoms with E-state index in [4.69, 9.17) is 0 Å². The van der Waals surface area contributed by atoms with Gasteiger partial charge in [0, 0.05) is 6.54 Å². The number of nitrogens with zero attached hydrogens (tertiary/aromatic N) is 2. The van der Waals surface area contributed by atoms with Crippen molar-refractivity contribution in [3.63, 3.8) is 0 Å². The number of aliphatic hydroxyl groups excluding tert-OH is 1. The lowest BCUT2D eigenvalue weighted by molar-refractivity contribution is 0.0592. The van der Waals surface area contributed by atoms with Crippen LogP contribution >= 0.6 is 0 Å². The van der Waals surface area contributed by atoms with E-state index in [9.17, 15) is 9.90 Å². The first-order valence-corrected chi connectivity index (χ1v) is 6.53. The number of nitrogens with one attached hydrogen (secondary N) is 1. The van der Waals surface area contributed by atoms with E-state index in [-0.39, 0.29) is 11.8 Å². The Bertz CT molecular complexity index is 414. The number of hydrogen-bond acceptors (Lipinski definition) is 6. The molecule has 0 aromatic carbocycles. The van der Waals surface area contributed by atoms with Crippen LogP contribution in [-0.4, -0.2) is 41.0 Å². The summed E-state index contributed by atoms with van der Waals surface area (Å²) in [6, 6.07) is 3.31. The van der Waals surface area contributed by atoms with Crippen molar-refractivity contribution in [2.75, 3.05) is 19.0 Å². The molecule has 0 radical (unpaired) electrons. The summed E-state index contributed by atoms with van der Waals surface area (Å²) in [5, 5.41) is 20.4. The maximum absolute atomic E-state index is 11.2. The molecule has 0 bridgehead atoms. The summed E-state index contributed by atoms with van der Waals surface area (Å²) >= 11 is 0. The van der Waals surface area contributed by atoms with Gasteiger partial charge in [-0.25, -0.2) is 4.79 Å². The molecule has 1 fully saturated rings. The molecule has 6 heteroatoms. The van der Waals surface area contributed by atoms with Gasteiger partial charge in [-0.15, -0.1) is 10.2 Å². The number of esters is 1. The summed E-state index contributed by atoms with van der Waals surface area (Å²) in [5.74, 6) is 0.726. The van der Waals surface area contributed by atoms with E-state index in [2.05, 4.69) is 20.3 Å². The van der Waals surface area contributed by atoms with E-state index in [1.54, 1.807) is 12.1 Å². The van der Waals surface area contributed by atoms with Crippen molar-refractivity contribution in [2.24, 2.45) is 5.92 Å². The molecule has 2 rings (SSSR count). The Balaban J connectivity index is 1.81. The van der Waals surface area contributed by atoms with Gasteiger partial charge in [-0.1, -0.05) is 0 Å². The van der Waals surface area contributed by atoms with Crippen LogP contribution < -0.4 is 5.32 Å². The standard InChI is InChI=1S/C13H19N3O3/c1-19-13(18)11-6-7-12(16-15-11)14-8-9-2-4-10(17)5-3-9/h6-7,9-10,17H,2-5,8H2,1H3,(H,14,16). The van der Waals surface area contributed by atoms with Gasteiger partial charge in [-0.05, 0) is 43.7 Å². The molecular formula is C13H19N3O3. The van der Waals surface area contributed by atoms with E-state index >= 15 is 0 Å². The number of carbonyl (C=O) groups is 1. The van der Waals surface area contributed by atoms with Gasteiger partial charge in [-0.2, -0.15) is 0 Å². The molecular weight excluding hydrogens is 246 g/mol. The Labute approximate surface area is 112 Å². The van der Waals surface area contributed by atoms with Crippen molar-refractivity contribution in [1.29, 1.82) is 0 Å². The quantitative estimate of drug-likeness (QED) is 0.796. The minimum Gasteiger partial charge on any atom is -0.464 e. The molecule has 2 N–H and O–H groups in total. The number of aromatic nitrogens is 2. The zero-order valence-corrected chi connectivity index (χ0v) is 11.0. The maximum atomic E-state index is 11.2. The molecule has 1 saturated carbocycles. The van der Waals surface area contributed by atoms with Crippen molar-refractivity contribution < 1.29 is 14.6 Å². The molecule has 0 aliphatic heterocycles. The number of ether oxygens (including phenoxy) is 1. The van der Waals surface area contributed by atoms with Crippen LogP contribution in [0.1, 0.15) is 36.2 Å². The molecule has 104 valence electrons. The molecule has 1 aliphatic carbocycles. The second-order valence-electron chi connectivity index (χ2n) is 4.85. The Kier molecular flexibility index (Phi) is 4.68. The molecule has 1 aromatic heterocycles. The molecule has 19 heavy (non-hydrogen) atoms. The average molecular weight is 265 g/mol. The summed E-state index contributed by atoms with van der Waals surface area (Å²) in [6.45, 7) is 0.818. The van der Waals surface area contributed by atoms with Gasteiger partial charge in [0.1, 0.15) is 5.82 Å². The van der Waals surface area contributed by atoms with Gasteiger partial charge in [-0.3, -0.25) is 0 Å². The number of hydrogen-bond donors (Lipinski definition) is 2. The van der Waals surface area contributed by atoms with Gasteiger partial charge in [0.15, 0.2) is 5.69 Å². The van der Waals surface area contributed by atoms with Crippen LogP contribution in [0.15, 0.2) is 12.1 Å². The second-order valence-corrected chi connectivity index (χ2v) is 4.85. The summed E-state index contributed by atoms with van der Waals surface area (Å²) in [6.07, 6.45) is 3.68. The van der Waals surface area contributed by atoms with Crippen LogP contribution in [0.25, 0.3) is 0 Å². The fourth-order valence-corrected chi connectivity index (χ4v) is 2.24. The van der Waals surface area contributed by atoms with E-state index < -0.39 is 5.97 Å². The van der Waals surface area contributed by atoms with Gasteiger partial charge < -0.3 is 15.2 Å². The summed E-state index contributed by atoms with van der Waals surface area (Å²) in [7, 11) is 1.31. The highest BCUT2D eigenvalue weighted by Crippen LogP contribution is 2.24. The topological polar surface area (TPSA) is 84.3 Å². The molecule has 1 aromatic rings. The number of anilines is 1. The van der Waals surface area contributed by atoms with Crippen molar-refractivity contribution in [2.45, 2.75) is 31.8 Å². The Morgan fingerprint density at radius 1 is 1.37 bits per heavy atom. The molecule has 0 spiro atoms. The number of rotatable bonds is 4. The molecule has 6 nitrogen and oxygen atoms in total. The number of carbonyl (C=O) groups excluding carboxylic acids is 1. The number of methoxy groups -OCH3 is 1. The smallest absolute Gasteiger partial charge is 0.358 e. The predicted octanol–water partition coefficient (Wildman–Crippen LogP) is 1.23. The van der Waals surface area contributed by atoms with Gasteiger partial charge >= 0.3 is 5.97 Å². The highest BCUT2D eigenvalue weighted by atomic mass is 16.5. The summed E-state index contributed by atoms with van der Waals surface area (Å²) in [4.78, 5) is 11.2. The molecule has 0 unspecified atom stereocenters. The Hall–Kier alpha value is -1.69. The second kappa shape index (κ2) is 6.47. The normalized spacial score (nSPS) is 22.8. The van der Waals surface area contributed by atoms with Crippen molar-refractivity contribution in [1.82, 2.24) is 10.2 Å². The molecule has 0 amide bonds. The van der Waals surface area contributed by atoms with Crippen molar-refractivity contribution in [3.8, 4) is 0 Å². The van der Waals surface area contributed by atoms with E-state index in [0.29, 0.717) is 11.7 Å². The molecule has 1 aliphatic rings. The van der Waals surface area contributed by atoms with Crippen LogP contribution in [0, 0.1) is 5.92 Å². The fraction of sp³-hybridized carbons (Fsp3) is 0.615. The third-order valence-electron chi connectivity index (χ3n) is 3.45. The third kappa shape index (κ3) is 3.89. The van der Waals surface area contributed by atoms with Gasteiger partial charge in [0.25, 0.3) is 0 Å². The van der Waals surface area contributed by atoms with Gasteiger partial charge in [0.2, 0.25) is 0 Å². The lowest BCUT2D eigenvalue weighted by Crippen LogP contribution is -2.23. The molecule has 0 saturated heterocycles. The highest BCUT2D eigenvalue weighted by Gasteiger charge is 2.19. The van der Waals surface area contributed by atoms with Crippen molar-refractivity contribution >= 4 is 11.8 Å². The van der Waals surface area contributed by atoms with E-state index in [1.807, 2.05) is 0 Å². The van der Waals surface area contributed by atoms with Crippen LogP contribution in [-0.2, 0) is 4.74 Å². The maximum Gasteiger partial charge on any atom is 0.358 e. The summed E-state index contributed by atoms with van der Waals surface area (Å²) < 4.78 is 4.56. The highest BCUT2D eigenvalue weighted by molar-refractivity contribution is 5.86. The van der Waals surface area contributed by atoms with Gasteiger partial charge in [0.05, 0.1) is 13.2 Å². The minimum atomic E-state index is -0.486.